The summed E-state index contributed by atoms with van der Waals surface area (Å²) in [7, 11) is 0. The predicted octanol–water partition coefficient (Wildman–Crippen LogP) is 3.58. The second-order valence-corrected chi connectivity index (χ2v) is 6.87. The number of benzene rings is 1. The summed E-state index contributed by atoms with van der Waals surface area (Å²) in [6.07, 6.45) is 4.59. The van der Waals surface area contributed by atoms with Crippen LogP contribution in [0.25, 0.3) is 0 Å². The summed E-state index contributed by atoms with van der Waals surface area (Å²) in [6.45, 7) is 7.55. The lowest BCUT2D eigenvalue weighted by Crippen LogP contribution is -2.40. The fraction of sp³-hybridized carbons (Fsp3) is 0.455. The minimum absolute atomic E-state index is 0. The van der Waals surface area contributed by atoms with Crippen molar-refractivity contribution in [1.82, 2.24) is 15.2 Å². The number of ether oxygens (including phenoxy) is 2. The maximum atomic E-state index is 5.93. The number of hydrogen-bond acceptors (Lipinski definition) is 4. The Morgan fingerprint density at radius 2 is 2.10 bits per heavy atom. The fourth-order valence-electron chi connectivity index (χ4n) is 3.25. The van der Waals surface area contributed by atoms with E-state index in [-0.39, 0.29) is 24.0 Å². The summed E-state index contributed by atoms with van der Waals surface area (Å²) in [5.74, 6) is 2.28. The van der Waals surface area contributed by atoms with Crippen molar-refractivity contribution in [3.8, 4) is 5.75 Å². The molecule has 1 aromatic heterocycles. The fourth-order valence-corrected chi connectivity index (χ4v) is 3.25. The molecule has 0 bridgehead atoms. The van der Waals surface area contributed by atoms with Crippen molar-refractivity contribution >= 4 is 29.9 Å². The molecule has 3 rings (SSSR count). The molecule has 1 saturated heterocycles. The Balaban J connectivity index is 0.00000300. The number of likely N-dealkylation sites (tertiary alicyclic amines) is 1. The van der Waals surface area contributed by atoms with E-state index in [1.807, 2.05) is 30.3 Å². The average Bonchev–Trinajstić information content (AvgIpc) is 3.21. The van der Waals surface area contributed by atoms with Crippen LogP contribution >= 0.6 is 24.0 Å². The highest BCUT2D eigenvalue weighted by molar-refractivity contribution is 14.0. The van der Waals surface area contributed by atoms with E-state index in [1.54, 1.807) is 12.4 Å². The number of pyridine rings is 1. The highest BCUT2D eigenvalue weighted by Gasteiger charge is 2.24. The van der Waals surface area contributed by atoms with Crippen molar-refractivity contribution in [3.05, 3.63) is 60.4 Å². The molecule has 0 saturated carbocycles. The summed E-state index contributed by atoms with van der Waals surface area (Å²) >= 11 is 0. The van der Waals surface area contributed by atoms with E-state index in [2.05, 4.69) is 34.3 Å². The van der Waals surface area contributed by atoms with E-state index in [1.165, 1.54) is 5.56 Å². The maximum Gasteiger partial charge on any atom is 0.194 e. The Bertz CT molecular complexity index is 715. The molecule has 1 aromatic carbocycles. The van der Waals surface area contributed by atoms with Gasteiger partial charge in [-0.3, -0.25) is 4.98 Å². The van der Waals surface area contributed by atoms with Gasteiger partial charge in [0.1, 0.15) is 12.4 Å². The molecule has 0 amide bonds. The summed E-state index contributed by atoms with van der Waals surface area (Å²) in [5.41, 5.74) is 1.22. The SMILES string of the molecule is CCNC(=NCCOc1cccnc1)N1CCC(COCc2ccccc2)C1.I. The average molecular weight is 510 g/mol. The van der Waals surface area contributed by atoms with Gasteiger partial charge in [-0.2, -0.15) is 0 Å². The molecule has 29 heavy (non-hydrogen) atoms. The highest BCUT2D eigenvalue weighted by atomic mass is 127. The number of hydrogen-bond donors (Lipinski definition) is 1. The number of nitrogens with one attached hydrogen (secondary N) is 1. The molecule has 0 aliphatic carbocycles. The van der Waals surface area contributed by atoms with Gasteiger partial charge in [-0.15, -0.1) is 24.0 Å². The lowest BCUT2D eigenvalue weighted by molar-refractivity contribution is 0.0906. The van der Waals surface area contributed by atoms with E-state index in [9.17, 15) is 0 Å². The Hall–Kier alpha value is -1.87. The van der Waals surface area contributed by atoms with Crippen LogP contribution in [0.3, 0.4) is 0 Å². The summed E-state index contributed by atoms with van der Waals surface area (Å²) in [5, 5.41) is 3.39. The van der Waals surface area contributed by atoms with Gasteiger partial charge in [-0.1, -0.05) is 30.3 Å². The minimum Gasteiger partial charge on any atom is -0.490 e. The molecular formula is C22H31IN4O2. The molecule has 1 N–H and O–H groups in total. The van der Waals surface area contributed by atoms with Gasteiger partial charge < -0.3 is 19.7 Å². The molecule has 1 aliphatic rings. The smallest absolute Gasteiger partial charge is 0.194 e. The number of aliphatic imine (C=N–C) groups is 1. The molecule has 0 radical (unpaired) electrons. The third-order valence-electron chi connectivity index (χ3n) is 4.64. The third kappa shape index (κ3) is 8.18. The second kappa shape index (κ2) is 13.4. The number of halogens is 1. The van der Waals surface area contributed by atoms with Crippen molar-refractivity contribution in [2.75, 3.05) is 39.4 Å². The van der Waals surface area contributed by atoms with Gasteiger partial charge in [0.15, 0.2) is 5.96 Å². The first-order valence-corrected chi connectivity index (χ1v) is 10.0. The Labute approximate surface area is 190 Å². The van der Waals surface area contributed by atoms with Crippen LogP contribution in [0.15, 0.2) is 59.9 Å². The molecule has 1 unspecified atom stereocenters. The largest absolute Gasteiger partial charge is 0.490 e. The first-order chi connectivity index (χ1) is 13.8. The van der Waals surface area contributed by atoms with Crippen LogP contribution in [-0.2, 0) is 11.3 Å². The summed E-state index contributed by atoms with van der Waals surface area (Å²) < 4.78 is 11.6. The summed E-state index contributed by atoms with van der Waals surface area (Å²) in [6, 6.07) is 14.1. The first-order valence-electron chi connectivity index (χ1n) is 10.0. The molecule has 7 heteroatoms. The second-order valence-electron chi connectivity index (χ2n) is 6.87. The van der Waals surface area contributed by atoms with Gasteiger partial charge in [0, 0.05) is 31.7 Å². The number of aromatic nitrogens is 1. The van der Waals surface area contributed by atoms with Gasteiger partial charge in [0.05, 0.1) is 26.0 Å². The van der Waals surface area contributed by atoms with Gasteiger partial charge in [-0.05, 0) is 31.0 Å². The van der Waals surface area contributed by atoms with E-state index in [4.69, 9.17) is 14.5 Å². The Morgan fingerprint density at radius 1 is 1.24 bits per heavy atom. The standard InChI is InChI=1S/C22H30N4O2.HI/c1-2-24-22(25-12-14-28-21-9-6-11-23-15-21)26-13-10-20(16-26)18-27-17-19-7-4-3-5-8-19;/h3-9,11,15,20H,2,10,12-14,16-18H2,1H3,(H,24,25);1H. The molecular weight excluding hydrogens is 479 g/mol. The quantitative estimate of drug-likeness (QED) is 0.242. The van der Waals surface area contributed by atoms with Crippen LogP contribution in [-0.4, -0.2) is 55.2 Å². The first kappa shape index (κ1) is 23.4. The normalized spacial score (nSPS) is 16.4. The number of guanidine groups is 1. The molecule has 0 spiro atoms. The molecule has 1 atom stereocenters. The van der Waals surface area contributed by atoms with Crippen LogP contribution in [0.1, 0.15) is 18.9 Å². The van der Waals surface area contributed by atoms with E-state index in [0.29, 0.717) is 25.7 Å². The monoisotopic (exact) mass is 510 g/mol. The predicted molar refractivity (Wildman–Crippen MR) is 127 cm³/mol. The van der Waals surface area contributed by atoms with Gasteiger partial charge >= 0.3 is 0 Å². The van der Waals surface area contributed by atoms with Crippen molar-refractivity contribution in [2.45, 2.75) is 20.0 Å². The lowest BCUT2D eigenvalue weighted by atomic mass is 10.1. The van der Waals surface area contributed by atoms with E-state index in [0.717, 1.165) is 44.4 Å². The van der Waals surface area contributed by atoms with Crippen molar-refractivity contribution < 1.29 is 9.47 Å². The van der Waals surface area contributed by atoms with E-state index >= 15 is 0 Å². The van der Waals surface area contributed by atoms with Crippen LogP contribution in [0.4, 0.5) is 0 Å². The zero-order chi connectivity index (χ0) is 19.4. The van der Waals surface area contributed by atoms with Crippen LogP contribution in [0, 0.1) is 5.92 Å². The molecule has 2 aromatic rings. The molecule has 6 nitrogen and oxygen atoms in total. The van der Waals surface area contributed by atoms with Crippen LogP contribution in [0.2, 0.25) is 0 Å². The number of nitrogens with zero attached hydrogens (tertiary/aromatic N) is 3. The third-order valence-corrected chi connectivity index (χ3v) is 4.64. The topological polar surface area (TPSA) is 59.0 Å². The van der Waals surface area contributed by atoms with Gasteiger partial charge in [0.2, 0.25) is 0 Å². The minimum atomic E-state index is 0. The highest BCUT2D eigenvalue weighted by Crippen LogP contribution is 2.17. The molecule has 2 heterocycles. The zero-order valence-electron chi connectivity index (χ0n) is 17.0. The summed E-state index contributed by atoms with van der Waals surface area (Å²) in [4.78, 5) is 11.1. The van der Waals surface area contributed by atoms with Crippen molar-refractivity contribution in [2.24, 2.45) is 10.9 Å². The van der Waals surface area contributed by atoms with Gasteiger partial charge in [0.25, 0.3) is 0 Å². The van der Waals surface area contributed by atoms with E-state index < -0.39 is 0 Å². The van der Waals surface area contributed by atoms with Crippen LogP contribution in [0.5, 0.6) is 5.75 Å². The van der Waals surface area contributed by atoms with Gasteiger partial charge in [-0.25, -0.2) is 4.99 Å². The maximum absolute atomic E-state index is 5.93. The van der Waals surface area contributed by atoms with Crippen molar-refractivity contribution in [1.29, 1.82) is 0 Å². The Kier molecular flexibility index (Phi) is 10.8. The lowest BCUT2D eigenvalue weighted by Gasteiger charge is -2.21. The Morgan fingerprint density at radius 3 is 2.86 bits per heavy atom. The van der Waals surface area contributed by atoms with Crippen molar-refractivity contribution in [3.63, 3.8) is 0 Å². The number of rotatable bonds is 9. The zero-order valence-corrected chi connectivity index (χ0v) is 19.3. The molecule has 1 aliphatic heterocycles. The molecule has 158 valence electrons. The molecule has 1 fully saturated rings. The van der Waals surface area contributed by atoms with Crippen LogP contribution < -0.4 is 10.1 Å².